The van der Waals surface area contributed by atoms with Gasteiger partial charge in [-0.1, -0.05) is 28.1 Å². The lowest BCUT2D eigenvalue weighted by Gasteiger charge is -1.97. The Kier molecular flexibility index (Phi) is 2.82. The molecular weight excluding hydrogens is 240 g/mol. The first-order valence-electron chi connectivity index (χ1n) is 4.72. The highest BCUT2D eigenvalue weighted by atomic mass is 79.9. The van der Waals surface area contributed by atoms with E-state index in [0.717, 1.165) is 21.9 Å². The molecule has 0 bridgehead atoms. The molecule has 0 spiro atoms. The molecule has 0 radical (unpaired) electrons. The molecule has 2 heteroatoms. The molecule has 72 valence electrons. The second-order valence-electron chi connectivity index (χ2n) is 3.59. The maximum atomic E-state index is 10.8. The van der Waals surface area contributed by atoms with Crippen LogP contribution in [0.25, 0.3) is 6.08 Å². The number of carbonyl (C=O) groups is 1. The number of carbonyl (C=O) groups excluding carboxylic acids is 1. The van der Waals surface area contributed by atoms with Crippen LogP contribution in [0.3, 0.4) is 0 Å². The number of aldehydes is 1. The molecule has 1 fully saturated rings. The number of rotatable bonds is 3. The monoisotopic (exact) mass is 250 g/mol. The number of allylic oxidation sites excluding steroid dienone is 1. The van der Waals surface area contributed by atoms with E-state index in [1.54, 1.807) is 0 Å². The van der Waals surface area contributed by atoms with Crippen LogP contribution >= 0.6 is 15.9 Å². The van der Waals surface area contributed by atoms with Gasteiger partial charge in [0.15, 0.2) is 0 Å². The highest BCUT2D eigenvalue weighted by Gasteiger charge is 2.25. The van der Waals surface area contributed by atoms with Gasteiger partial charge in [0.2, 0.25) is 0 Å². The van der Waals surface area contributed by atoms with Crippen LogP contribution in [0.1, 0.15) is 18.4 Å². The molecule has 0 aliphatic heterocycles. The van der Waals surface area contributed by atoms with E-state index < -0.39 is 0 Å². The van der Waals surface area contributed by atoms with Crippen molar-refractivity contribution in [1.29, 1.82) is 0 Å². The Morgan fingerprint density at radius 3 is 2.79 bits per heavy atom. The number of benzene rings is 1. The van der Waals surface area contributed by atoms with Crippen LogP contribution in [0.4, 0.5) is 0 Å². The summed E-state index contributed by atoms with van der Waals surface area (Å²) < 4.78 is 1.05. The van der Waals surface area contributed by atoms with E-state index in [1.165, 1.54) is 12.8 Å². The lowest BCUT2D eigenvalue weighted by molar-refractivity contribution is -0.105. The minimum atomic E-state index is 0.520. The van der Waals surface area contributed by atoms with Crippen molar-refractivity contribution >= 4 is 28.3 Å². The standard InChI is InChI=1S/C12H11BrO/c13-12-3-1-2-9(7-12)6-11(8-14)10-4-5-10/h1-3,6-8,10H,4-5H2/b11-6+. The Labute approximate surface area is 92.0 Å². The topological polar surface area (TPSA) is 17.1 Å². The molecule has 1 aromatic carbocycles. The normalized spacial score (nSPS) is 16.8. The number of hydrogen-bond donors (Lipinski definition) is 0. The average Bonchev–Trinajstić information content (AvgIpc) is 2.97. The van der Waals surface area contributed by atoms with E-state index in [9.17, 15) is 4.79 Å². The summed E-state index contributed by atoms with van der Waals surface area (Å²) in [4.78, 5) is 10.8. The molecule has 1 aliphatic rings. The SMILES string of the molecule is O=C/C(=C\c1cccc(Br)c1)C1CC1. The largest absolute Gasteiger partial charge is 0.298 e. The zero-order chi connectivity index (χ0) is 9.97. The van der Waals surface area contributed by atoms with Gasteiger partial charge in [0.05, 0.1) is 0 Å². The van der Waals surface area contributed by atoms with Crippen molar-refractivity contribution in [1.82, 2.24) is 0 Å². The molecule has 0 amide bonds. The summed E-state index contributed by atoms with van der Waals surface area (Å²) in [7, 11) is 0. The molecule has 0 aromatic heterocycles. The van der Waals surface area contributed by atoms with Gasteiger partial charge in [0.1, 0.15) is 6.29 Å². The highest BCUT2D eigenvalue weighted by Crippen LogP contribution is 2.36. The average molecular weight is 251 g/mol. The predicted molar refractivity (Wildman–Crippen MR) is 60.9 cm³/mol. The van der Waals surface area contributed by atoms with Gasteiger partial charge in [-0.15, -0.1) is 0 Å². The first-order chi connectivity index (χ1) is 6.79. The van der Waals surface area contributed by atoms with Crippen LogP contribution in [0.2, 0.25) is 0 Å². The summed E-state index contributed by atoms with van der Waals surface area (Å²) in [6.07, 6.45) is 5.30. The molecule has 1 aromatic rings. The summed E-state index contributed by atoms with van der Waals surface area (Å²) in [6, 6.07) is 7.99. The summed E-state index contributed by atoms with van der Waals surface area (Å²) in [6.45, 7) is 0. The Hall–Kier alpha value is -0.890. The Balaban J connectivity index is 2.26. The molecule has 0 saturated heterocycles. The Bertz CT molecular complexity index is 378. The summed E-state index contributed by atoms with van der Waals surface area (Å²) >= 11 is 3.41. The van der Waals surface area contributed by atoms with Gasteiger partial charge in [0, 0.05) is 4.47 Å². The van der Waals surface area contributed by atoms with Crippen molar-refractivity contribution in [3.63, 3.8) is 0 Å². The van der Waals surface area contributed by atoms with Crippen LogP contribution in [0.5, 0.6) is 0 Å². The fourth-order valence-corrected chi connectivity index (χ4v) is 1.87. The van der Waals surface area contributed by atoms with Crippen LogP contribution in [0.15, 0.2) is 34.3 Å². The number of halogens is 1. The smallest absolute Gasteiger partial charge is 0.146 e. The molecule has 1 nitrogen and oxygen atoms in total. The first-order valence-corrected chi connectivity index (χ1v) is 5.51. The van der Waals surface area contributed by atoms with Crippen molar-refractivity contribution in [2.75, 3.05) is 0 Å². The van der Waals surface area contributed by atoms with Gasteiger partial charge in [-0.25, -0.2) is 0 Å². The molecule has 0 heterocycles. The minimum absolute atomic E-state index is 0.520. The molecule has 14 heavy (non-hydrogen) atoms. The second-order valence-corrected chi connectivity index (χ2v) is 4.51. The Morgan fingerprint density at radius 2 is 2.21 bits per heavy atom. The van der Waals surface area contributed by atoms with E-state index >= 15 is 0 Å². The van der Waals surface area contributed by atoms with Gasteiger partial charge in [-0.3, -0.25) is 4.79 Å². The highest BCUT2D eigenvalue weighted by molar-refractivity contribution is 9.10. The van der Waals surface area contributed by atoms with E-state index in [2.05, 4.69) is 15.9 Å². The fraction of sp³-hybridized carbons (Fsp3) is 0.250. The molecule has 0 N–H and O–H groups in total. The van der Waals surface area contributed by atoms with Gasteiger partial charge in [-0.2, -0.15) is 0 Å². The Morgan fingerprint density at radius 1 is 1.43 bits per heavy atom. The van der Waals surface area contributed by atoms with E-state index in [4.69, 9.17) is 0 Å². The van der Waals surface area contributed by atoms with E-state index in [1.807, 2.05) is 30.3 Å². The third-order valence-corrected chi connectivity index (χ3v) is 2.86. The lowest BCUT2D eigenvalue weighted by Crippen LogP contribution is -1.86. The van der Waals surface area contributed by atoms with Crippen molar-refractivity contribution in [2.45, 2.75) is 12.8 Å². The molecular formula is C12H11BrO. The van der Waals surface area contributed by atoms with Crippen molar-refractivity contribution in [2.24, 2.45) is 5.92 Å². The molecule has 2 rings (SSSR count). The second kappa shape index (κ2) is 4.09. The predicted octanol–water partition coefficient (Wildman–Crippen LogP) is 3.44. The zero-order valence-corrected chi connectivity index (χ0v) is 9.33. The van der Waals surface area contributed by atoms with Gasteiger partial charge in [-0.05, 0) is 48.1 Å². The quantitative estimate of drug-likeness (QED) is 0.594. The minimum Gasteiger partial charge on any atom is -0.298 e. The molecule has 1 aliphatic carbocycles. The van der Waals surface area contributed by atoms with Crippen LogP contribution in [-0.4, -0.2) is 6.29 Å². The summed E-state index contributed by atoms with van der Waals surface area (Å²) in [5.41, 5.74) is 2.02. The van der Waals surface area contributed by atoms with Crippen molar-refractivity contribution < 1.29 is 4.79 Å². The van der Waals surface area contributed by atoms with Crippen molar-refractivity contribution in [3.8, 4) is 0 Å². The van der Waals surface area contributed by atoms with Gasteiger partial charge >= 0.3 is 0 Å². The lowest BCUT2D eigenvalue weighted by atomic mass is 10.1. The zero-order valence-electron chi connectivity index (χ0n) is 7.74. The third kappa shape index (κ3) is 2.32. The maximum absolute atomic E-state index is 10.8. The summed E-state index contributed by atoms with van der Waals surface area (Å²) in [5, 5.41) is 0. The fourth-order valence-electron chi connectivity index (χ4n) is 1.45. The molecule has 0 atom stereocenters. The van der Waals surface area contributed by atoms with Crippen LogP contribution in [0, 0.1) is 5.92 Å². The summed E-state index contributed by atoms with van der Waals surface area (Å²) in [5.74, 6) is 0.520. The van der Waals surface area contributed by atoms with Crippen molar-refractivity contribution in [3.05, 3.63) is 39.9 Å². The first kappa shape index (κ1) is 9.66. The van der Waals surface area contributed by atoms with Gasteiger partial charge < -0.3 is 0 Å². The third-order valence-electron chi connectivity index (χ3n) is 2.37. The van der Waals surface area contributed by atoms with E-state index in [0.29, 0.717) is 5.92 Å². The van der Waals surface area contributed by atoms with E-state index in [-0.39, 0.29) is 0 Å². The molecule has 1 saturated carbocycles. The molecule has 0 unspecified atom stereocenters. The van der Waals surface area contributed by atoms with Gasteiger partial charge in [0.25, 0.3) is 0 Å². The van der Waals surface area contributed by atoms with Crippen LogP contribution in [-0.2, 0) is 4.79 Å². The maximum Gasteiger partial charge on any atom is 0.146 e. The van der Waals surface area contributed by atoms with Crippen LogP contribution < -0.4 is 0 Å². The number of hydrogen-bond acceptors (Lipinski definition) is 1.